The maximum atomic E-state index is 12.1. The molecule has 2 nitrogen and oxygen atoms in total. The number of aromatic nitrogens is 1. The zero-order valence-corrected chi connectivity index (χ0v) is 11.0. The predicted octanol–water partition coefficient (Wildman–Crippen LogP) is 2.17. The van der Waals surface area contributed by atoms with Crippen LogP contribution in [0.2, 0.25) is 0 Å². The van der Waals surface area contributed by atoms with Crippen molar-refractivity contribution in [2.24, 2.45) is 0 Å². The second kappa shape index (κ2) is 4.05. The van der Waals surface area contributed by atoms with E-state index in [9.17, 15) is 4.79 Å². The first-order chi connectivity index (χ1) is 7.84. The molecule has 0 spiro atoms. The molecule has 80 valence electrons. The van der Waals surface area contributed by atoms with E-state index in [-0.39, 0.29) is 20.3 Å². The minimum atomic E-state index is 0.150. The molecule has 0 radical (unpaired) electrons. The van der Waals surface area contributed by atoms with E-state index >= 15 is 0 Å². The van der Waals surface area contributed by atoms with Gasteiger partial charge in [0.2, 0.25) is 0 Å². The molecule has 16 heavy (non-hydrogen) atoms. The third-order valence-electron chi connectivity index (χ3n) is 2.43. The van der Waals surface area contributed by atoms with Crippen LogP contribution in [0.15, 0.2) is 46.6 Å². The average molecular weight is 294 g/mol. The number of hydrogen-bond donors (Lipinski definition) is 0. The minimum absolute atomic E-state index is 0.150. The van der Waals surface area contributed by atoms with Crippen LogP contribution in [0.1, 0.15) is 4.88 Å². The molecular weight excluding hydrogens is 285 g/mol. The van der Waals surface area contributed by atoms with E-state index in [2.05, 4.69) is 17.5 Å². The molecule has 0 saturated carbocycles. The summed E-state index contributed by atoms with van der Waals surface area (Å²) in [5, 5.41) is 2.94. The van der Waals surface area contributed by atoms with Crippen molar-refractivity contribution in [2.45, 2.75) is 6.54 Å². The zero-order valence-electron chi connectivity index (χ0n) is 8.42. The molecule has 0 aliphatic heterocycles. The van der Waals surface area contributed by atoms with Gasteiger partial charge in [0.25, 0.3) is 0 Å². The van der Waals surface area contributed by atoms with E-state index in [0.717, 1.165) is 11.9 Å². The summed E-state index contributed by atoms with van der Waals surface area (Å²) in [7, 11) is 0. The molecule has 0 aliphatic rings. The monoisotopic (exact) mass is 295 g/mol. The fourth-order valence-corrected chi connectivity index (χ4v) is 4.67. The molecule has 0 fully saturated rings. The van der Waals surface area contributed by atoms with Gasteiger partial charge in [-0.3, -0.25) is 0 Å². The molecule has 2 heterocycles. The number of rotatable bonds is 2. The Balaban J connectivity index is 2.11. The molecule has 0 aliphatic carbocycles. The van der Waals surface area contributed by atoms with Crippen LogP contribution in [0.5, 0.6) is 0 Å². The van der Waals surface area contributed by atoms with Crippen molar-refractivity contribution in [3.05, 3.63) is 57.0 Å². The summed E-state index contributed by atoms with van der Waals surface area (Å²) >= 11 is 1.86. The fourth-order valence-electron chi connectivity index (χ4n) is 1.67. The van der Waals surface area contributed by atoms with E-state index in [1.165, 1.54) is 9.14 Å². The van der Waals surface area contributed by atoms with Crippen molar-refractivity contribution in [3.63, 3.8) is 0 Å². The van der Waals surface area contributed by atoms with Gasteiger partial charge in [-0.1, -0.05) is 0 Å². The van der Waals surface area contributed by atoms with Gasteiger partial charge in [-0.2, -0.15) is 0 Å². The summed E-state index contributed by atoms with van der Waals surface area (Å²) < 4.78 is 3.17. The predicted molar refractivity (Wildman–Crippen MR) is 68.6 cm³/mol. The van der Waals surface area contributed by atoms with Crippen LogP contribution >= 0.6 is 11.3 Å². The van der Waals surface area contributed by atoms with Crippen LogP contribution in [-0.4, -0.2) is 18.3 Å². The standard InChI is InChI=1S/C12H9NOSSe/c14-12-10-5-1-2-6-11(10)16-13(12)8-9-4-3-7-15-9/h1-7H,8H2. The van der Waals surface area contributed by atoms with Gasteiger partial charge in [-0.05, 0) is 0 Å². The first-order valence-electron chi connectivity index (χ1n) is 4.96. The van der Waals surface area contributed by atoms with Crippen LogP contribution in [0.3, 0.4) is 0 Å². The van der Waals surface area contributed by atoms with Crippen molar-refractivity contribution in [2.75, 3.05) is 0 Å². The Bertz CT molecular complexity index is 666. The van der Waals surface area contributed by atoms with Crippen molar-refractivity contribution in [1.82, 2.24) is 3.56 Å². The first kappa shape index (κ1) is 10.1. The summed E-state index contributed by atoms with van der Waals surface area (Å²) in [6.45, 7) is 0.755. The SMILES string of the molecule is O=c1c2ccccc2[se]n1Cc1cccs1. The third kappa shape index (κ3) is 1.69. The molecule has 0 saturated heterocycles. The van der Waals surface area contributed by atoms with Crippen LogP contribution in [0.4, 0.5) is 0 Å². The molecular formula is C12H9NOSSe. The molecule has 2 aromatic heterocycles. The Kier molecular flexibility index (Phi) is 2.56. The summed E-state index contributed by atoms with van der Waals surface area (Å²) in [5.41, 5.74) is 0.184. The fraction of sp³-hybridized carbons (Fsp3) is 0.0833. The third-order valence-corrected chi connectivity index (χ3v) is 5.53. The second-order valence-electron chi connectivity index (χ2n) is 3.51. The maximum absolute atomic E-state index is 12.1. The van der Waals surface area contributed by atoms with Gasteiger partial charge in [0.1, 0.15) is 0 Å². The zero-order chi connectivity index (χ0) is 11.0. The van der Waals surface area contributed by atoms with E-state index in [4.69, 9.17) is 0 Å². The molecule has 0 N–H and O–H groups in total. The van der Waals surface area contributed by atoms with E-state index in [0.29, 0.717) is 0 Å². The molecule has 0 unspecified atom stereocenters. The van der Waals surface area contributed by atoms with Crippen LogP contribution in [0.25, 0.3) is 9.65 Å². The van der Waals surface area contributed by atoms with Gasteiger partial charge in [-0.15, -0.1) is 0 Å². The topological polar surface area (TPSA) is 22.0 Å². The summed E-state index contributed by atoms with van der Waals surface area (Å²) in [6.07, 6.45) is 0. The Hall–Kier alpha value is -1.09. The molecule has 4 heteroatoms. The normalized spacial score (nSPS) is 11.0. The molecule has 1 aromatic carbocycles. The summed E-state index contributed by atoms with van der Waals surface area (Å²) in [6, 6.07) is 12.0. The number of hydrogen-bond acceptors (Lipinski definition) is 2. The number of benzene rings is 1. The summed E-state index contributed by atoms with van der Waals surface area (Å²) in [5.74, 6) is 0. The van der Waals surface area contributed by atoms with Crippen molar-refractivity contribution in [3.8, 4) is 0 Å². The summed E-state index contributed by atoms with van der Waals surface area (Å²) in [4.78, 5) is 13.3. The van der Waals surface area contributed by atoms with Gasteiger partial charge in [-0.25, -0.2) is 0 Å². The van der Waals surface area contributed by atoms with Crippen molar-refractivity contribution in [1.29, 1.82) is 0 Å². The van der Waals surface area contributed by atoms with Gasteiger partial charge in [0.15, 0.2) is 0 Å². The van der Waals surface area contributed by atoms with Crippen molar-refractivity contribution < 1.29 is 0 Å². The van der Waals surface area contributed by atoms with Gasteiger partial charge >= 0.3 is 103 Å². The van der Waals surface area contributed by atoms with Crippen molar-refractivity contribution >= 4 is 35.7 Å². The molecule has 0 amide bonds. The van der Waals surface area contributed by atoms with Crippen LogP contribution in [-0.2, 0) is 6.54 Å². The number of nitrogens with zero attached hydrogens (tertiary/aromatic N) is 1. The Labute approximate surface area is 103 Å². The molecule has 3 aromatic rings. The van der Waals surface area contributed by atoms with Crippen LogP contribution in [0, 0.1) is 0 Å². The van der Waals surface area contributed by atoms with Gasteiger partial charge in [0, 0.05) is 0 Å². The van der Waals surface area contributed by atoms with E-state index in [1.807, 2.05) is 27.8 Å². The Morgan fingerprint density at radius 1 is 1.19 bits per heavy atom. The van der Waals surface area contributed by atoms with E-state index < -0.39 is 0 Å². The Morgan fingerprint density at radius 2 is 2.06 bits per heavy atom. The molecule has 0 atom stereocenters. The number of thiophene rings is 1. The van der Waals surface area contributed by atoms with Gasteiger partial charge in [0.05, 0.1) is 0 Å². The van der Waals surface area contributed by atoms with Crippen LogP contribution < -0.4 is 5.56 Å². The molecule has 0 bridgehead atoms. The molecule has 3 rings (SSSR count). The average Bonchev–Trinajstić information content (AvgIpc) is 2.90. The number of fused-ring (bicyclic) bond motifs is 1. The first-order valence-corrected chi connectivity index (χ1v) is 7.46. The Morgan fingerprint density at radius 3 is 2.81 bits per heavy atom. The quantitative estimate of drug-likeness (QED) is 0.664. The van der Waals surface area contributed by atoms with Gasteiger partial charge < -0.3 is 0 Å². The second-order valence-corrected chi connectivity index (χ2v) is 6.77. The van der Waals surface area contributed by atoms with E-state index in [1.54, 1.807) is 11.3 Å².